The van der Waals surface area contributed by atoms with Crippen molar-refractivity contribution in [2.24, 2.45) is 23.7 Å². The maximum Gasteiger partial charge on any atom is 0.330 e. The molecule has 4 unspecified atom stereocenters. The van der Waals surface area contributed by atoms with Crippen molar-refractivity contribution >= 4 is 5.97 Å². The molecule has 0 radical (unpaired) electrons. The maximum absolute atomic E-state index is 10.9. The van der Waals surface area contributed by atoms with E-state index in [2.05, 4.69) is 20.4 Å². The van der Waals surface area contributed by atoms with Crippen molar-refractivity contribution in [3.05, 3.63) is 12.7 Å². The molecule has 2 bridgehead atoms. The average molecular weight is 353 g/mol. The van der Waals surface area contributed by atoms with E-state index in [-0.39, 0.29) is 6.61 Å². The van der Waals surface area contributed by atoms with Crippen molar-refractivity contribution in [2.45, 2.75) is 64.9 Å². The SMILES string of the molecule is C=CC(=O)OCCOCCOC(CCC1CC2CCC1C2)CC(C)C. The number of hydrogen-bond donors (Lipinski definition) is 0. The second-order valence-corrected chi connectivity index (χ2v) is 8.12. The van der Waals surface area contributed by atoms with Gasteiger partial charge in [-0.25, -0.2) is 4.79 Å². The predicted octanol–water partition coefficient (Wildman–Crippen LogP) is 4.38. The number of carbonyl (C=O) groups excluding carboxylic acids is 1. The molecule has 0 aliphatic heterocycles. The normalized spacial score (nSPS) is 26.1. The second kappa shape index (κ2) is 11.0. The van der Waals surface area contributed by atoms with Crippen molar-refractivity contribution in [2.75, 3.05) is 26.4 Å². The topological polar surface area (TPSA) is 44.8 Å². The molecule has 4 heteroatoms. The van der Waals surface area contributed by atoms with Crippen LogP contribution in [0.1, 0.15) is 58.8 Å². The fraction of sp³-hybridized carbons (Fsp3) is 0.857. The van der Waals surface area contributed by atoms with Crippen LogP contribution < -0.4 is 0 Å². The van der Waals surface area contributed by atoms with Gasteiger partial charge in [0.2, 0.25) is 0 Å². The lowest BCUT2D eigenvalue weighted by Crippen LogP contribution is -2.21. The standard InChI is InChI=1S/C21H36O4/c1-4-21(22)25-12-10-23-9-11-24-20(13-16(2)3)8-7-19-15-17-5-6-18(19)14-17/h4,16-20H,1,5-15H2,2-3H3. The summed E-state index contributed by atoms with van der Waals surface area (Å²) in [5, 5.41) is 0. The molecule has 25 heavy (non-hydrogen) atoms. The van der Waals surface area contributed by atoms with Gasteiger partial charge in [0, 0.05) is 6.08 Å². The Bertz CT molecular complexity index is 407. The van der Waals surface area contributed by atoms with E-state index in [1.54, 1.807) is 0 Å². The van der Waals surface area contributed by atoms with Crippen LogP contribution in [0, 0.1) is 23.7 Å². The van der Waals surface area contributed by atoms with Gasteiger partial charge in [-0.3, -0.25) is 0 Å². The minimum Gasteiger partial charge on any atom is -0.460 e. The number of rotatable bonds is 13. The van der Waals surface area contributed by atoms with E-state index in [1.165, 1.54) is 38.5 Å². The summed E-state index contributed by atoms with van der Waals surface area (Å²) in [4.78, 5) is 10.9. The summed E-state index contributed by atoms with van der Waals surface area (Å²) in [6, 6.07) is 0. The van der Waals surface area contributed by atoms with Crippen molar-refractivity contribution in [1.82, 2.24) is 0 Å². The van der Waals surface area contributed by atoms with Gasteiger partial charge >= 0.3 is 5.97 Å². The van der Waals surface area contributed by atoms with E-state index >= 15 is 0 Å². The number of hydrogen-bond acceptors (Lipinski definition) is 4. The summed E-state index contributed by atoms with van der Waals surface area (Å²) in [5.41, 5.74) is 0. The van der Waals surface area contributed by atoms with E-state index in [9.17, 15) is 4.79 Å². The number of esters is 1. The summed E-state index contributed by atoms with van der Waals surface area (Å²) in [5.74, 6) is 3.24. The molecule has 0 amide bonds. The Hall–Kier alpha value is -0.870. The van der Waals surface area contributed by atoms with Gasteiger partial charge < -0.3 is 14.2 Å². The first-order valence-corrected chi connectivity index (χ1v) is 10.1. The zero-order valence-corrected chi connectivity index (χ0v) is 16.1. The largest absolute Gasteiger partial charge is 0.460 e. The zero-order chi connectivity index (χ0) is 18.1. The molecule has 0 aromatic heterocycles. The highest BCUT2D eigenvalue weighted by Gasteiger charge is 2.39. The maximum atomic E-state index is 10.9. The minimum atomic E-state index is -0.405. The fourth-order valence-corrected chi connectivity index (χ4v) is 4.56. The zero-order valence-electron chi connectivity index (χ0n) is 16.1. The Labute approximate surface area is 153 Å². The highest BCUT2D eigenvalue weighted by Crippen LogP contribution is 2.50. The van der Waals surface area contributed by atoms with Gasteiger partial charge in [-0.15, -0.1) is 0 Å². The minimum absolute atomic E-state index is 0.268. The van der Waals surface area contributed by atoms with Crippen molar-refractivity contribution in [3.8, 4) is 0 Å². The molecule has 0 heterocycles. The monoisotopic (exact) mass is 352 g/mol. The van der Waals surface area contributed by atoms with E-state index < -0.39 is 5.97 Å². The van der Waals surface area contributed by atoms with Crippen LogP contribution in [-0.4, -0.2) is 38.5 Å². The highest BCUT2D eigenvalue weighted by molar-refractivity contribution is 5.81. The van der Waals surface area contributed by atoms with E-state index in [1.807, 2.05) is 0 Å². The summed E-state index contributed by atoms with van der Waals surface area (Å²) < 4.78 is 16.4. The molecule has 4 atom stereocenters. The smallest absolute Gasteiger partial charge is 0.330 e. The third-order valence-corrected chi connectivity index (χ3v) is 5.70. The predicted molar refractivity (Wildman–Crippen MR) is 99.3 cm³/mol. The summed E-state index contributed by atoms with van der Waals surface area (Å²) in [7, 11) is 0. The molecule has 0 spiro atoms. The first-order chi connectivity index (χ1) is 12.1. The van der Waals surface area contributed by atoms with Gasteiger partial charge in [0.25, 0.3) is 0 Å². The molecule has 0 N–H and O–H groups in total. The molecule has 2 rings (SSSR count). The van der Waals surface area contributed by atoms with Crippen LogP contribution in [0.5, 0.6) is 0 Å². The van der Waals surface area contributed by atoms with Crippen molar-refractivity contribution in [1.29, 1.82) is 0 Å². The first-order valence-electron chi connectivity index (χ1n) is 10.1. The Morgan fingerprint density at radius 3 is 2.60 bits per heavy atom. The molecule has 144 valence electrons. The Balaban J connectivity index is 1.56. The van der Waals surface area contributed by atoms with Crippen LogP contribution in [0.4, 0.5) is 0 Å². The van der Waals surface area contributed by atoms with E-state index in [4.69, 9.17) is 14.2 Å². The first kappa shape index (κ1) is 20.4. The van der Waals surface area contributed by atoms with Gasteiger partial charge in [-0.2, -0.15) is 0 Å². The third kappa shape index (κ3) is 7.49. The highest BCUT2D eigenvalue weighted by atomic mass is 16.6. The molecule has 4 nitrogen and oxygen atoms in total. The van der Waals surface area contributed by atoms with Crippen LogP contribution in [0.2, 0.25) is 0 Å². The van der Waals surface area contributed by atoms with Gasteiger partial charge in [-0.1, -0.05) is 26.8 Å². The Morgan fingerprint density at radius 1 is 1.16 bits per heavy atom. The molecule has 0 aromatic rings. The van der Waals surface area contributed by atoms with Gasteiger partial charge in [0.15, 0.2) is 0 Å². The molecule has 0 saturated heterocycles. The van der Waals surface area contributed by atoms with Gasteiger partial charge in [-0.05, 0) is 62.2 Å². The Morgan fingerprint density at radius 2 is 1.96 bits per heavy atom. The lowest BCUT2D eigenvalue weighted by Gasteiger charge is -2.25. The van der Waals surface area contributed by atoms with Crippen molar-refractivity contribution in [3.63, 3.8) is 0 Å². The number of carbonyl (C=O) groups is 1. The van der Waals surface area contributed by atoms with Gasteiger partial charge in [0.05, 0.1) is 25.9 Å². The molecule has 2 fully saturated rings. The summed E-state index contributed by atoms with van der Waals surface area (Å²) >= 11 is 0. The fourth-order valence-electron chi connectivity index (χ4n) is 4.56. The molecular weight excluding hydrogens is 316 g/mol. The molecule has 2 saturated carbocycles. The van der Waals surface area contributed by atoms with Gasteiger partial charge in [0.1, 0.15) is 6.61 Å². The summed E-state index contributed by atoms with van der Waals surface area (Å²) in [6.07, 6.45) is 11.0. The number of ether oxygens (including phenoxy) is 3. The van der Waals surface area contributed by atoms with Crippen LogP contribution in [-0.2, 0) is 19.0 Å². The second-order valence-electron chi connectivity index (χ2n) is 8.12. The molecule has 2 aliphatic carbocycles. The third-order valence-electron chi connectivity index (χ3n) is 5.70. The van der Waals surface area contributed by atoms with Crippen LogP contribution in [0.15, 0.2) is 12.7 Å². The van der Waals surface area contributed by atoms with E-state index in [0.29, 0.717) is 31.8 Å². The lowest BCUT2D eigenvalue weighted by atomic mass is 9.84. The lowest BCUT2D eigenvalue weighted by molar-refractivity contribution is -0.139. The van der Waals surface area contributed by atoms with Crippen LogP contribution >= 0.6 is 0 Å². The molecule has 2 aliphatic rings. The Kier molecular flexibility index (Phi) is 8.97. The summed E-state index contributed by atoms with van der Waals surface area (Å²) in [6.45, 7) is 9.72. The molecular formula is C21H36O4. The van der Waals surface area contributed by atoms with Crippen LogP contribution in [0.3, 0.4) is 0 Å². The van der Waals surface area contributed by atoms with Crippen molar-refractivity contribution < 1.29 is 19.0 Å². The molecule has 0 aromatic carbocycles. The van der Waals surface area contributed by atoms with E-state index in [0.717, 1.165) is 30.3 Å². The number of fused-ring (bicyclic) bond motifs is 2. The average Bonchev–Trinajstić information content (AvgIpc) is 3.20. The van der Waals surface area contributed by atoms with Crippen LogP contribution in [0.25, 0.3) is 0 Å². The quantitative estimate of drug-likeness (QED) is 0.280.